The van der Waals surface area contributed by atoms with Crippen LogP contribution in [0.4, 0.5) is 11.6 Å². The molecule has 8 heteroatoms. The van der Waals surface area contributed by atoms with E-state index in [9.17, 15) is 0 Å². The fourth-order valence-electron chi connectivity index (χ4n) is 4.14. The van der Waals surface area contributed by atoms with Gasteiger partial charge in [-0.3, -0.25) is 4.40 Å². The molecule has 3 heterocycles. The summed E-state index contributed by atoms with van der Waals surface area (Å²) in [5, 5.41) is 7.69. The number of imidazole rings is 1. The zero-order chi connectivity index (χ0) is 21.9. The second kappa shape index (κ2) is 9.14. The number of pyridine rings is 1. The minimum atomic E-state index is 0.321. The molecule has 32 heavy (non-hydrogen) atoms. The number of aromatic nitrogens is 4. The van der Waals surface area contributed by atoms with E-state index in [1.165, 1.54) is 0 Å². The molecule has 3 aromatic heterocycles. The molecule has 164 valence electrons. The molecule has 0 aliphatic heterocycles. The van der Waals surface area contributed by atoms with E-state index in [-0.39, 0.29) is 0 Å². The molecule has 0 radical (unpaired) electrons. The SMILES string of the molecule is N[C@H]1CC[C@H](Nc2nccn3c(-c4cccc(NCc5ccc(Cl)cc5)n4)cnc23)CC1. The third-order valence-electron chi connectivity index (χ3n) is 5.94. The first-order valence-electron chi connectivity index (χ1n) is 11.0. The monoisotopic (exact) mass is 447 g/mol. The van der Waals surface area contributed by atoms with Gasteiger partial charge in [0.2, 0.25) is 0 Å². The number of halogens is 1. The van der Waals surface area contributed by atoms with Crippen LogP contribution < -0.4 is 16.4 Å². The number of nitrogens with one attached hydrogen (secondary N) is 2. The largest absolute Gasteiger partial charge is 0.366 e. The molecule has 1 saturated carbocycles. The summed E-state index contributed by atoms with van der Waals surface area (Å²) in [6, 6.07) is 14.4. The van der Waals surface area contributed by atoms with E-state index in [4.69, 9.17) is 22.3 Å². The van der Waals surface area contributed by atoms with Crippen LogP contribution in [0.3, 0.4) is 0 Å². The van der Waals surface area contributed by atoms with Crippen molar-refractivity contribution in [3.05, 3.63) is 71.6 Å². The average Bonchev–Trinajstić information content (AvgIpc) is 3.26. The van der Waals surface area contributed by atoms with Crippen molar-refractivity contribution in [2.45, 2.75) is 44.3 Å². The van der Waals surface area contributed by atoms with Crippen molar-refractivity contribution in [3.63, 3.8) is 0 Å². The van der Waals surface area contributed by atoms with Gasteiger partial charge in [-0.2, -0.15) is 0 Å². The van der Waals surface area contributed by atoms with Crippen LogP contribution in [0.25, 0.3) is 17.0 Å². The summed E-state index contributed by atoms with van der Waals surface area (Å²) in [5.74, 6) is 1.61. The van der Waals surface area contributed by atoms with E-state index in [0.717, 1.165) is 64.9 Å². The number of hydrogen-bond acceptors (Lipinski definition) is 6. The molecule has 7 nitrogen and oxygen atoms in total. The Morgan fingerprint density at radius 3 is 2.66 bits per heavy atom. The number of nitrogens with zero attached hydrogens (tertiary/aromatic N) is 4. The van der Waals surface area contributed by atoms with Gasteiger partial charge in [0.15, 0.2) is 11.5 Å². The first-order valence-corrected chi connectivity index (χ1v) is 11.3. The van der Waals surface area contributed by atoms with Gasteiger partial charge < -0.3 is 16.4 Å². The molecule has 0 atom stereocenters. The van der Waals surface area contributed by atoms with E-state index in [1.807, 2.05) is 59.3 Å². The lowest BCUT2D eigenvalue weighted by Gasteiger charge is -2.27. The Balaban J connectivity index is 1.35. The van der Waals surface area contributed by atoms with E-state index < -0.39 is 0 Å². The van der Waals surface area contributed by atoms with Gasteiger partial charge in [-0.15, -0.1) is 0 Å². The number of nitrogens with two attached hydrogens (primary N) is 1. The minimum absolute atomic E-state index is 0.321. The lowest BCUT2D eigenvalue weighted by atomic mass is 9.92. The van der Waals surface area contributed by atoms with Crippen molar-refractivity contribution < 1.29 is 0 Å². The summed E-state index contributed by atoms with van der Waals surface area (Å²) in [6.45, 7) is 0.670. The Bertz CT molecular complexity index is 1200. The van der Waals surface area contributed by atoms with Crippen molar-refractivity contribution in [2.24, 2.45) is 5.73 Å². The Hall–Kier alpha value is -3.16. The third kappa shape index (κ3) is 4.54. The second-order valence-electron chi connectivity index (χ2n) is 8.26. The summed E-state index contributed by atoms with van der Waals surface area (Å²) < 4.78 is 2.04. The number of benzene rings is 1. The van der Waals surface area contributed by atoms with Gasteiger partial charge in [0.05, 0.1) is 17.6 Å². The quantitative estimate of drug-likeness (QED) is 0.395. The van der Waals surface area contributed by atoms with Gasteiger partial charge >= 0.3 is 0 Å². The molecular formula is C24H26ClN7. The predicted molar refractivity (Wildman–Crippen MR) is 129 cm³/mol. The molecule has 0 bridgehead atoms. The van der Waals surface area contributed by atoms with Crippen molar-refractivity contribution in [2.75, 3.05) is 10.6 Å². The number of rotatable bonds is 6. The molecule has 1 fully saturated rings. The lowest BCUT2D eigenvalue weighted by molar-refractivity contribution is 0.410. The fourth-order valence-corrected chi connectivity index (χ4v) is 4.26. The van der Waals surface area contributed by atoms with Crippen LogP contribution in [-0.2, 0) is 6.54 Å². The van der Waals surface area contributed by atoms with Gasteiger partial charge in [0.25, 0.3) is 0 Å². The summed E-state index contributed by atoms with van der Waals surface area (Å²) in [4.78, 5) is 14.0. The predicted octanol–water partition coefficient (Wildman–Crippen LogP) is 4.74. The average molecular weight is 448 g/mol. The zero-order valence-electron chi connectivity index (χ0n) is 17.7. The molecule has 1 aliphatic rings. The molecule has 0 amide bonds. The van der Waals surface area contributed by atoms with Crippen LogP contribution in [-0.4, -0.2) is 31.4 Å². The molecule has 1 aliphatic carbocycles. The summed E-state index contributed by atoms with van der Waals surface area (Å²) in [5.41, 5.74) is 9.76. The maximum Gasteiger partial charge on any atom is 0.180 e. The van der Waals surface area contributed by atoms with Crippen molar-refractivity contribution in [1.82, 2.24) is 19.4 Å². The van der Waals surface area contributed by atoms with Crippen LogP contribution in [0, 0.1) is 0 Å². The Labute approximate surface area is 192 Å². The second-order valence-corrected chi connectivity index (χ2v) is 8.69. The standard InChI is InChI=1S/C24H26ClN7/c25-17-6-4-16(5-7-17)14-28-22-3-1-2-20(31-22)21-15-29-24-23(27-12-13-32(21)24)30-19-10-8-18(26)9-11-19/h1-7,12-13,15,18-19H,8-11,14,26H2,(H,27,30)(H,28,31)/t18-,19-. The molecular weight excluding hydrogens is 422 g/mol. The normalized spacial score (nSPS) is 18.6. The molecule has 5 rings (SSSR count). The number of hydrogen-bond donors (Lipinski definition) is 3. The number of anilines is 2. The van der Waals surface area contributed by atoms with Gasteiger partial charge in [0.1, 0.15) is 5.82 Å². The minimum Gasteiger partial charge on any atom is -0.366 e. The van der Waals surface area contributed by atoms with Gasteiger partial charge in [0, 0.05) is 36.0 Å². The maximum absolute atomic E-state index is 6.04. The highest BCUT2D eigenvalue weighted by molar-refractivity contribution is 6.30. The van der Waals surface area contributed by atoms with Gasteiger partial charge in [-0.1, -0.05) is 29.8 Å². The first kappa shape index (κ1) is 20.7. The molecule has 1 aromatic carbocycles. The van der Waals surface area contributed by atoms with E-state index in [2.05, 4.69) is 20.6 Å². The zero-order valence-corrected chi connectivity index (χ0v) is 18.5. The molecule has 4 N–H and O–H groups in total. The molecule has 0 saturated heterocycles. The Morgan fingerprint density at radius 1 is 1.03 bits per heavy atom. The van der Waals surface area contributed by atoms with Gasteiger partial charge in [-0.25, -0.2) is 15.0 Å². The first-order chi connectivity index (χ1) is 15.7. The van der Waals surface area contributed by atoms with E-state index in [0.29, 0.717) is 18.6 Å². The van der Waals surface area contributed by atoms with E-state index >= 15 is 0 Å². The summed E-state index contributed by atoms with van der Waals surface area (Å²) >= 11 is 5.97. The number of fused-ring (bicyclic) bond motifs is 1. The molecule has 4 aromatic rings. The summed E-state index contributed by atoms with van der Waals surface area (Å²) in [6.07, 6.45) is 9.78. The van der Waals surface area contributed by atoms with E-state index in [1.54, 1.807) is 6.20 Å². The fraction of sp³-hybridized carbons (Fsp3) is 0.292. The molecule has 0 spiro atoms. The van der Waals surface area contributed by atoms with Crippen LogP contribution in [0.15, 0.2) is 61.1 Å². The Kier molecular flexibility index (Phi) is 5.92. The van der Waals surface area contributed by atoms with Crippen molar-refractivity contribution in [3.8, 4) is 11.4 Å². The Morgan fingerprint density at radius 2 is 1.84 bits per heavy atom. The third-order valence-corrected chi connectivity index (χ3v) is 6.19. The maximum atomic E-state index is 6.04. The van der Waals surface area contributed by atoms with Crippen LogP contribution in [0.2, 0.25) is 5.02 Å². The lowest BCUT2D eigenvalue weighted by Crippen LogP contribution is -2.33. The van der Waals surface area contributed by atoms with Crippen LogP contribution >= 0.6 is 11.6 Å². The van der Waals surface area contributed by atoms with Crippen LogP contribution in [0.5, 0.6) is 0 Å². The van der Waals surface area contributed by atoms with Crippen LogP contribution in [0.1, 0.15) is 31.2 Å². The highest BCUT2D eigenvalue weighted by atomic mass is 35.5. The highest BCUT2D eigenvalue weighted by Gasteiger charge is 2.20. The van der Waals surface area contributed by atoms with Crippen molar-refractivity contribution >= 4 is 28.9 Å². The smallest absolute Gasteiger partial charge is 0.180 e. The highest BCUT2D eigenvalue weighted by Crippen LogP contribution is 2.26. The van der Waals surface area contributed by atoms with Gasteiger partial charge in [-0.05, 0) is 55.5 Å². The molecule has 0 unspecified atom stereocenters. The topological polar surface area (TPSA) is 93.2 Å². The van der Waals surface area contributed by atoms with Crippen molar-refractivity contribution in [1.29, 1.82) is 0 Å². The summed E-state index contributed by atoms with van der Waals surface area (Å²) in [7, 11) is 0.